The predicted molar refractivity (Wildman–Crippen MR) is 97.2 cm³/mol. The van der Waals surface area contributed by atoms with Gasteiger partial charge in [-0.05, 0) is 52.4 Å². The fourth-order valence-corrected chi connectivity index (χ4v) is 2.78. The summed E-state index contributed by atoms with van der Waals surface area (Å²) in [6, 6.07) is 0. The van der Waals surface area contributed by atoms with Gasteiger partial charge < -0.3 is 9.47 Å². The van der Waals surface area contributed by atoms with Crippen molar-refractivity contribution in [1.82, 2.24) is 0 Å². The third-order valence-electron chi connectivity index (χ3n) is 5.07. The number of alkyl halides is 5. The number of rotatable bonds is 4. The highest BCUT2D eigenvalue weighted by Crippen LogP contribution is 2.39. The second-order valence-electron chi connectivity index (χ2n) is 8.22. The van der Waals surface area contributed by atoms with Crippen molar-refractivity contribution >= 4 is 23.5 Å². The van der Waals surface area contributed by atoms with Gasteiger partial charge in [0.25, 0.3) is 0 Å². The smallest absolute Gasteiger partial charge is 0.404 e. The average molecular weight is 458 g/mol. The summed E-state index contributed by atoms with van der Waals surface area (Å²) in [5, 5.41) is 0. The van der Waals surface area contributed by atoms with Gasteiger partial charge in [-0.15, -0.1) is 0 Å². The lowest BCUT2D eigenvalue weighted by atomic mass is 9.92. The van der Waals surface area contributed by atoms with Crippen molar-refractivity contribution in [3.8, 4) is 0 Å². The molecule has 0 amide bonds. The summed E-state index contributed by atoms with van der Waals surface area (Å²) in [7, 11) is 0. The summed E-state index contributed by atoms with van der Waals surface area (Å²) in [5.74, 6) is -7.06. The molecular formula is C20H27F5O6. The third kappa shape index (κ3) is 7.84. The molecule has 0 saturated heterocycles. The van der Waals surface area contributed by atoms with Crippen molar-refractivity contribution in [3.63, 3.8) is 0 Å². The van der Waals surface area contributed by atoms with E-state index in [1.54, 1.807) is 0 Å². The number of carbonyl (C=O) groups excluding carboxylic acids is 4. The first kappa shape index (κ1) is 27.0. The maximum Gasteiger partial charge on any atom is 0.404 e. The molecule has 0 N–H and O–H groups in total. The Hall–Kier alpha value is -2.07. The van der Waals surface area contributed by atoms with Crippen LogP contribution < -0.4 is 0 Å². The molecule has 2 fully saturated rings. The van der Waals surface area contributed by atoms with E-state index in [1.165, 1.54) is 0 Å². The van der Waals surface area contributed by atoms with Crippen LogP contribution in [0.3, 0.4) is 0 Å². The van der Waals surface area contributed by atoms with E-state index in [9.17, 15) is 41.1 Å². The van der Waals surface area contributed by atoms with Gasteiger partial charge in [0.1, 0.15) is 0 Å². The van der Waals surface area contributed by atoms with Gasteiger partial charge in [0.15, 0.2) is 29.2 Å². The van der Waals surface area contributed by atoms with Gasteiger partial charge in [-0.2, -0.15) is 22.0 Å². The van der Waals surface area contributed by atoms with Gasteiger partial charge in [0, 0.05) is 19.8 Å². The van der Waals surface area contributed by atoms with Crippen molar-refractivity contribution in [3.05, 3.63) is 0 Å². The van der Waals surface area contributed by atoms with E-state index in [0.29, 0.717) is 39.0 Å². The molecule has 2 unspecified atom stereocenters. The van der Waals surface area contributed by atoms with E-state index in [4.69, 9.17) is 0 Å². The zero-order valence-electron chi connectivity index (χ0n) is 17.7. The van der Waals surface area contributed by atoms with E-state index >= 15 is 0 Å². The minimum Gasteiger partial charge on any atom is -0.454 e. The van der Waals surface area contributed by atoms with E-state index in [0.717, 1.165) is 26.7 Å². The number of hydrogen-bond donors (Lipinski definition) is 0. The van der Waals surface area contributed by atoms with Crippen LogP contribution in [-0.4, -0.2) is 47.8 Å². The molecule has 0 aromatic carbocycles. The standard InChI is InChI=1S/C11H15F3O3.C9H12F2O3/c1-10(2,11(12,13)14)9(16)17-8-6-4-3-5-7(8)15;1-9(10,11)8(13)14-7-5-3-2-4-6(7)12/h8H,3-6H2,1-2H3;7H,2-5H2,1H3. The van der Waals surface area contributed by atoms with Gasteiger partial charge in [-0.1, -0.05) is 0 Å². The van der Waals surface area contributed by atoms with Crippen LogP contribution in [0.5, 0.6) is 0 Å². The van der Waals surface area contributed by atoms with Gasteiger partial charge in [-0.3, -0.25) is 14.4 Å². The summed E-state index contributed by atoms with van der Waals surface area (Å²) in [6.07, 6.45) is -2.50. The molecule has 6 nitrogen and oxygen atoms in total. The normalized spacial score (nSPS) is 22.8. The van der Waals surface area contributed by atoms with Crippen LogP contribution in [0.1, 0.15) is 72.1 Å². The largest absolute Gasteiger partial charge is 0.454 e. The highest BCUT2D eigenvalue weighted by atomic mass is 19.4. The topological polar surface area (TPSA) is 86.7 Å². The highest BCUT2D eigenvalue weighted by molar-refractivity contribution is 5.88. The first-order valence-electron chi connectivity index (χ1n) is 9.99. The highest BCUT2D eigenvalue weighted by Gasteiger charge is 2.55. The third-order valence-corrected chi connectivity index (χ3v) is 5.07. The van der Waals surface area contributed by atoms with E-state index in [2.05, 4.69) is 9.47 Å². The Morgan fingerprint density at radius 2 is 1.13 bits per heavy atom. The molecule has 0 spiro atoms. The second kappa shape index (κ2) is 10.5. The van der Waals surface area contributed by atoms with E-state index in [-0.39, 0.29) is 18.0 Å². The fourth-order valence-electron chi connectivity index (χ4n) is 2.78. The molecule has 0 heterocycles. The van der Waals surface area contributed by atoms with E-state index < -0.39 is 41.7 Å². The van der Waals surface area contributed by atoms with Crippen molar-refractivity contribution in [2.45, 2.75) is 96.4 Å². The number of hydrogen-bond acceptors (Lipinski definition) is 6. The van der Waals surface area contributed by atoms with Crippen LogP contribution in [-0.2, 0) is 28.7 Å². The second-order valence-corrected chi connectivity index (χ2v) is 8.22. The van der Waals surface area contributed by atoms with Crippen molar-refractivity contribution in [1.29, 1.82) is 0 Å². The number of halogens is 5. The molecule has 2 aliphatic rings. The molecule has 0 aromatic heterocycles. The molecular weight excluding hydrogens is 431 g/mol. The minimum absolute atomic E-state index is 0.256. The monoisotopic (exact) mass is 458 g/mol. The minimum atomic E-state index is -4.68. The van der Waals surface area contributed by atoms with Crippen LogP contribution in [0.2, 0.25) is 0 Å². The molecule has 0 aromatic rings. The summed E-state index contributed by atoms with van der Waals surface area (Å²) in [6.45, 7) is 1.97. The van der Waals surface area contributed by atoms with Crippen molar-refractivity contribution < 1.29 is 50.6 Å². The van der Waals surface area contributed by atoms with Crippen LogP contribution in [0, 0.1) is 5.41 Å². The molecule has 0 aliphatic heterocycles. The Morgan fingerprint density at radius 1 is 0.742 bits per heavy atom. The quantitative estimate of drug-likeness (QED) is 0.461. The molecule has 0 bridgehead atoms. The van der Waals surface area contributed by atoms with Gasteiger partial charge in [0.05, 0.1) is 0 Å². The molecule has 2 saturated carbocycles. The Morgan fingerprint density at radius 3 is 1.45 bits per heavy atom. The van der Waals surface area contributed by atoms with Crippen LogP contribution >= 0.6 is 0 Å². The Bertz CT molecular complexity index is 681. The number of ketones is 2. The summed E-state index contributed by atoms with van der Waals surface area (Å²) < 4.78 is 71.6. The SMILES string of the molecule is CC(C)(C(=O)OC1CCCCC1=O)C(F)(F)F.CC(F)(F)C(=O)OC1CCCCC1=O. The van der Waals surface area contributed by atoms with E-state index in [1.807, 2.05) is 0 Å². The molecule has 2 rings (SSSR count). The Kier molecular flexibility index (Phi) is 9.13. The number of esters is 2. The lowest BCUT2D eigenvalue weighted by molar-refractivity contribution is -0.228. The average Bonchev–Trinajstić information content (AvgIpc) is 2.64. The summed E-state index contributed by atoms with van der Waals surface area (Å²) in [5.41, 5.74) is -2.58. The molecule has 11 heteroatoms. The van der Waals surface area contributed by atoms with Gasteiger partial charge in [0.2, 0.25) is 0 Å². The van der Waals surface area contributed by atoms with Crippen LogP contribution in [0.4, 0.5) is 22.0 Å². The number of ether oxygens (including phenoxy) is 2. The summed E-state index contributed by atoms with van der Waals surface area (Å²) >= 11 is 0. The lowest BCUT2D eigenvalue weighted by Crippen LogP contribution is -2.44. The zero-order valence-corrected chi connectivity index (χ0v) is 17.7. The predicted octanol–water partition coefficient (Wildman–Crippen LogP) is 4.33. The number of carbonyl (C=O) groups is 4. The van der Waals surface area contributed by atoms with Crippen LogP contribution in [0.25, 0.3) is 0 Å². The Balaban J connectivity index is 0.000000316. The van der Waals surface area contributed by atoms with Crippen molar-refractivity contribution in [2.75, 3.05) is 0 Å². The van der Waals surface area contributed by atoms with Crippen molar-refractivity contribution in [2.24, 2.45) is 5.41 Å². The first-order chi connectivity index (χ1) is 14.1. The molecule has 2 atom stereocenters. The molecule has 178 valence electrons. The zero-order chi connectivity index (χ0) is 24.0. The first-order valence-corrected chi connectivity index (χ1v) is 9.99. The molecule has 0 radical (unpaired) electrons. The lowest BCUT2D eigenvalue weighted by Gasteiger charge is -2.28. The Labute approximate surface area is 176 Å². The summed E-state index contributed by atoms with van der Waals surface area (Å²) in [4.78, 5) is 44.7. The molecule has 31 heavy (non-hydrogen) atoms. The maximum atomic E-state index is 12.5. The van der Waals surface area contributed by atoms with Gasteiger partial charge >= 0.3 is 24.0 Å². The molecule has 2 aliphatic carbocycles. The fraction of sp³-hybridized carbons (Fsp3) is 0.800. The van der Waals surface area contributed by atoms with Crippen LogP contribution in [0.15, 0.2) is 0 Å². The maximum absolute atomic E-state index is 12.5. The number of Topliss-reactive ketones (excluding diaryl/α,β-unsaturated/α-hetero) is 2. The van der Waals surface area contributed by atoms with Gasteiger partial charge in [-0.25, -0.2) is 4.79 Å².